The number of nitrogens with zero attached hydrogens (tertiary/aromatic N) is 2. The lowest BCUT2D eigenvalue weighted by Crippen LogP contribution is -2.12. The van der Waals surface area contributed by atoms with Crippen molar-refractivity contribution in [2.24, 2.45) is 5.73 Å². The summed E-state index contributed by atoms with van der Waals surface area (Å²) in [6.45, 7) is 1.63. The van der Waals surface area contributed by atoms with Gasteiger partial charge in [0.05, 0.1) is 12.1 Å². The van der Waals surface area contributed by atoms with Crippen molar-refractivity contribution in [2.75, 3.05) is 38.8 Å². The molecule has 144 valence electrons. The van der Waals surface area contributed by atoms with Crippen LogP contribution in [0.3, 0.4) is 0 Å². The lowest BCUT2D eigenvalue weighted by molar-refractivity contribution is 0.143. The fraction of sp³-hybridized carbons (Fsp3) is 0.238. The third kappa shape index (κ3) is 4.68. The van der Waals surface area contributed by atoms with Crippen LogP contribution in [0.2, 0.25) is 0 Å². The van der Waals surface area contributed by atoms with E-state index < -0.39 is 0 Å². The van der Waals surface area contributed by atoms with Crippen LogP contribution >= 0.6 is 0 Å². The maximum absolute atomic E-state index is 5.82. The summed E-state index contributed by atoms with van der Waals surface area (Å²) in [4.78, 5) is 8.72. The molecule has 7 nitrogen and oxygen atoms in total. The van der Waals surface area contributed by atoms with Gasteiger partial charge in [-0.25, -0.2) is 9.97 Å². The van der Waals surface area contributed by atoms with Crippen molar-refractivity contribution in [1.82, 2.24) is 9.97 Å². The number of rotatable bonds is 9. The number of fused-ring (bicyclic) bond motifs is 1. The molecule has 0 aliphatic carbocycles. The van der Waals surface area contributed by atoms with Gasteiger partial charge < -0.3 is 25.3 Å². The van der Waals surface area contributed by atoms with E-state index in [1.165, 1.54) is 6.33 Å². The second-order valence-electron chi connectivity index (χ2n) is 5.87. The molecule has 0 unspecified atom stereocenters. The molecule has 0 fully saturated rings. The van der Waals surface area contributed by atoms with Gasteiger partial charge >= 0.3 is 0 Å². The lowest BCUT2D eigenvalue weighted by Gasteiger charge is -2.15. The number of ether oxygens (including phenoxy) is 3. The Hall–Kier alpha value is -3.34. The highest BCUT2D eigenvalue weighted by Crippen LogP contribution is 2.35. The van der Waals surface area contributed by atoms with Crippen LogP contribution in [-0.2, 0) is 4.74 Å². The molecule has 0 aliphatic heterocycles. The second kappa shape index (κ2) is 9.55. The van der Waals surface area contributed by atoms with Crippen LogP contribution in [0.4, 0.5) is 11.5 Å². The number of nitrogens with one attached hydrogen (secondary N) is 1. The molecule has 0 radical (unpaired) electrons. The summed E-state index contributed by atoms with van der Waals surface area (Å²) in [6, 6.07) is 11.2. The van der Waals surface area contributed by atoms with Gasteiger partial charge in [-0.05, 0) is 24.3 Å². The lowest BCUT2D eigenvalue weighted by atomic mass is 10.2. The van der Waals surface area contributed by atoms with Crippen molar-refractivity contribution >= 4 is 22.4 Å². The van der Waals surface area contributed by atoms with E-state index in [1.54, 1.807) is 7.11 Å². The summed E-state index contributed by atoms with van der Waals surface area (Å²) in [5.41, 5.74) is 7.89. The first kappa shape index (κ1) is 19.4. The van der Waals surface area contributed by atoms with Gasteiger partial charge in [0.15, 0.2) is 11.5 Å². The molecule has 0 saturated heterocycles. The van der Waals surface area contributed by atoms with Gasteiger partial charge in [0.1, 0.15) is 25.4 Å². The minimum Gasteiger partial charge on any atom is -0.488 e. The first-order chi connectivity index (χ1) is 13.7. The van der Waals surface area contributed by atoms with Crippen LogP contribution < -0.4 is 20.5 Å². The number of terminal acetylenes is 1. The summed E-state index contributed by atoms with van der Waals surface area (Å²) >= 11 is 0. The fourth-order valence-corrected chi connectivity index (χ4v) is 2.62. The third-order valence-electron chi connectivity index (χ3n) is 3.91. The van der Waals surface area contributed by atoms with Gasteiger partial charge in [0.25, 0.3) is 0 Å². The molecule has 3 N–H and O–H groups in total. The van der Waals surface area contributed by atoms with E-state index in [0.717, 1.165) is 22.2 Å². The van der Waals surface area contributed by atoms with Gasteiger partial charge in [0, 0.05) is 36.4 Å². The van der Waals surface area contributed by atoms with E-state index in [2.05, 4.69) is 21.2 Å². The summed E-state index contributed by atoms with van der Waals surface area (Å²) in [5.74, 6) is 4.42. The molecule has 1 aromatic heterocycles. The highest BCUT2D eigenvalue weighted by molar-refractivity contribution is 5.93. The molecule has 0 amide bonds. The van der Waals surface area contributed by atoms with Crippen molar-refractivity contribution < 1.29 is 14.2 Å². The quantitative estimate of drug-likeness (QED) is 0.437. The SMILES string of the molecule is C#Cc1cccc(Nc2ncnc3cc(OCCN)c(OCCOC)cc23)c1. The van der Waals surface area contributed by atoms with Crippen molar-refractivity contribution in [1.29, 1.82) is 0 Å². The molecule has 2 aromatic carbocycles. The van der Waals surface area contributed by atoms with Gasteiger partial charge in [-0.2, -0.15) is 0 Å². The number of nitrogens with two attached hydrogens (primary N) is 1. The molecular formula is C21H22N4O3. The highest BCUT2D eigenvalue weighted by atomic mass is 16.5. The standard InChI is InChI=1S/C21H22N4O3/c1-3-15-5-4-6-16(11-15)25-21-17-12-19(28-10-9-26-2)20(27-8-7-22)13-18(17)23-14-24-21/h1,4-6,11-14H,7-10,22H2,2H3,(H,23,24,25). The van der Waals surface area contributed by atoms with E-state index >= 15 is 0 Å². The van der Waals surface area contributed by atoms with Crippen molar-refractivity contribution in [3.8, 4) is 23.8 Å². The van der Waals surface area contributed by atoms with Crippen LogP contribution in [0, 0.1) is 12.3 Å². The zero-order valence-electron chi connectivity index (χ0n) is 15.6. The van der Waals surface area contributed by atoms with Gasteiger partial charge in [-0.1, -0.05) is 12.0 Å². The smallest absolute Gasteiger partial charge is 0.163 e. The first-order valence-electron chi connectivity index (χ1n) is 8.82. The molecule has 0 saturated carbocycles. The van der Waals surface area contributed by atoms with Gasteiger partial charge in [-0.15, -0.1) is 6.42 Å². The highest BCUT2D eigenvalue weighted by Gasteiger charge is 2.13. The average Bonchev–Trinajstić information content (AvgIpc) is 2.73. The molecule has 0 bridgehead atoms. The molecule has 3 aromatic rings. The summed E-state index contributed by atoms with van der Waals surface area (Å²) < 4.78 is 16.6. The van der Waals surface area contributed by atoms with Crippen LogP contribution in [0.1, 0.15) is 5.56 Å². The maximum Gasteiger partial charge on any atom is 0.163 e. The molecular weight excluding hydrogens is 356 g/mol. The van der Waals surface area contributed by atoms with E-state index in [9.17, 15) is 0 Å². The first-order valence-corrected chi connectivity index (χ1v) is 8.82. The second-order valence-corrected chi connectivity index (χ2v) is 5.87. The zero-order chi connectivity index (χ0) is 19.8. The zero-order valence-corrected chi connectivity index (χ0v) is 15.6. The normalized spacial score (nSPS) is 10.5. The van der Waals surface area contributed by atoms with E-state index in [-0.39, 0.29) is 0 Å². The predicted molar refractivity (Wildman–Crippen MR) is 109 cm³/mol. The van der Waals surface area contributed by atoms with Crippen LogP contribution in [0.5, 0.6) is 11.5 Å². The summed E-state index contributed by atoms with van der Waals surface area (Å²) in [5, 5.41) is 4.08. The van der Waals surface area contributed by atoms with E-state index in [1.807, 2.05) is 36.4 Å². The average molecular weight is 378 g/mol. The Morgan fingerprint density at radius 2 is 1.89 bits per heavy atom. The Kier molecular flexibility index (Phi) is 6.63. The Morgan fingerprint density at radius 1 is 1.07 bits per heavy atom. The third-order valence-corrected chi connectivity index (χ3v) is 3.91. The molecule has 7 heteroatoms. The Morgan fingerprint density at radius 3 is 2.68 bits per heavy atom. The molecule has 1 heterocycles. The minimum atomic E-state index is 0.376. The molecule has 3 rings (SSSR count). The largest absolute Gasteiger partial charge is 0.488 e. The Balaban J connectivity index is 1.98. The van der Waals surface area contributed by atoms with Crippen molar-refractivity contribution in [3.63, 3.8) is 0 Å². The summed E-state index contributed by atoms with van der Waals surface area (Å²) in [6.07, 6.45) is 6.98. The molecule has 0 aliphatic rings. The fourth-order valence-electron chi connectivity index (χ4n) is 2.62. The van der Waals surface area contributed by atoms with Crippen LogP contribution in [0.15, 0.2) is 42.7 Å². The number of benzene rings is 2. The van der Waals surface area contributed by atoms with E-state index in [4.69, 9.17) is 26.4 Å². The van der Waals surface area contributed by atoms with Crippen LogP contribution in [0.25, 0.3) is 10.9 Å². The topological polar surface area (TPSA) is 91.5 Å². The van der Waals surface area contributed by atoms with Crippen molar-refractivity contribution in [3.05, 3.63) is 48.3 Å². The maximum atomic E-state index is 5.82. The molecule has 0 atom stereocenters. The minimum absolute atomic E-state index is 0.376. The number of hydrogen-bond acceptors (Lipinski definition) is 7. The number of aromatic nitrogens is 2. The molecule has 28 heavy (non-hydrogen) atoms. The van der Waals surface area contributed by atoms with Gasteiger partial charge in [-0.3, -0.25) is 0 Å². The predicted octanol–water partition coefficient (Wildman–Crippen LogP) is 2.72. The number of hydrogen-bond donors (Lipinski definition) is 2. The Labute approximate surface area is 163 Å². The van der Waals surface area contributed by atoms with Crippen molar-refractivity contribution in [2.45, 2.75) is 0 Å². The Bertz CT molecular complexity index is 985. The molecule has 0 spiro atoms. The monoisotopic (exact) mass is 378 g/mol. The van der Waals surface area contributed by atoms with Crippen LogP contribution in [-0.4, -0.2) is 43.4 Å². The number of methoxy groups -OCH3 is 1. The summed E-state index contributed by atoms with van der Waals surface area (Å²) in [7, 11) is 1.62. The number of anilines is 2. The van der Waals surface area contributed by atoms with E-state index in [0.29, 0.717) is 43.7 Å². The van der Waals surface area contributed by atoms with Gasteiger partial charge in [0.2, 0.25) is 0 Å².